The van der Waals surface area contributed by atoms with E-state index < -0.39 is 11.7 Å². The molecule has 0 atom stereocenters. The number of tetrazole rings is 1. The van der Waals surface area contributed by atoms with Crippen LogP contribution in [0.5, 0.6) is 5.75 Å². The van der Waals surface area contributed by atoms with Gasteiger partial charge in [-0.15, -0.1) is 5.10 Å². The molecule has 1 aliphatic heterocycles. The number of ether oxygens (including phenoxy) is 1. The van der Waals surface area contributed by atoms with E-state index in [1.807, 2.05) is 24.3 Å². The summed E-state index contributed by atoms with van der Waals surface area (Å²) in [7, 11) is 0. The maximum absolute atomic E-state index is 12.7. The molecule has 0 bridgehead atoms. The van der Waals surface area contributed by atoms with Crippen molar-refractivity contribution in [1.82, 2.24) is 20.2 Å². The maximum Gasteiger partial charge on any atom is 0.416 e. The molecule has 2 heterocycles. The number of hydrogen-bond acceptors (Lipinski definition) is 5. The van der Waals surface area contributed by atoms with Gasteiger partial charge in [0, 0.05) is 0 Å². The lowest BCUT2D eigenvalue weighted by molar-refractivity contribution is -0.137. The Morgan fingerprint density at radius 2 is 1.81 bits per heavy atom. The van der Waals surface area contributed by atoms with E-state index in [1.54, 1.807) is 0 Å². The highest BCUT2D eigenvalue weighted by atomic mass is 19.4. The summed E-state index contributed by atoms with van der Waals surface area (Å²) < 4.78 is 45.2. The van der Waals surface area contributed by atoms with E-state index >= 15 is 0 Å². The Morgan fingerprint density at radius 1 is 1.04 bits per heavy atom. The zero-order chi connectivity index (χ0) is 18.1. The summed E-state index contributed by atoms with van der Waals surface area (Å²) in [5.41, 5.74) is 0.693. The molecule has 0 spiro atoms. The van der Waals surface area contributed by atoms with Crippen molar-refractivity contribution >= 4 is 5.69 Å². The summed E-state index contributed by atoms with van der Waals surface area (Å²) in [4.78, 5) is 2.07. The van der Waals surface area contributed by atoms with E-state index in [9.17, 15) is 13.2 Å². The molecular weight excluding hydrogens is 347 g/mol. The quantitative estimate of drug-likeness (QED) is 0.718. The molecule has 4 rings (SSSR count). The molecule has 0 unspecified atom stereocenters. The number of rotatable bonds is 3. The molecule has 1 aliphatic rings. The Balaban J connectivity index is 1.61. The van der Waals surface area contributed by atoms with Crippen molar-refractivity contribution in [1.29, 1.82) is 0 Å². The van der Waals surface area contributed by atoms with E-state index in [0.29, 0.717) is 31.2 Å². The first-order valence-corrected chi connectivity index (χ1v) is 7.94. The van der Waals surface area contributed by atoms with Crippen LogP contribution in [-0.4, -0.2) is 33.4 Å². The molecule has 0 radical (unpaired) electrons. The number of alkyl halides is 3. The highest BCUT2D eigenvalue weighted by molar-refractivity contribution is 5.59. The molecule has 0 saturated carbocycles. The molecule has 26 heavy (non-hydrogen) atoms. The van der Waals surface area contributed by atoms with E-state index in [0.717, 1.165) is 23.6 Å². The predicted molar refractivity (Wildman–Crippen MR) is 87.1 cm³/mol. The van der Waals surface area contributed by atoms with Crippen molar-refractivity contribution in [3.8, 4) is 11.4 Å². The fourth-order valence-corrected chi connectivity index (χ4v) is 2.86. The van der Waals surface area contributed by atoms with Gasteiger partial charge in [0.15, 0.2) is 5.82 Å². The van der Waals surface area contributed by atoms with Gasteiger partial charge < -0.3 is 9.64 Å². The van der Waals surface area contributed by atoms with Gasteiger partial charge in [0.25, 0.3) is 0 Å². The zero-order valence-corrected chi connectivity index (χ0v) is 13.5. The van der Waals surface area contributed by atoms with E-state index in [-0.39, 0.29) is 0 Å². The SMILES string of the molecule is FC(F)(F)c1ccc(-n2nnnc2CN2CCOc3ccccc32)cc1. The van der Waals surface area contributed by atoms with E-state index in [2.05, 4.69) is 20.4 Å². The van der Waals surface area contributed by atoms with Crippen LogP contribution in [0.2, 0.25) is 0 Å². The first-order chi connectivity index (χ1) is 12.5. The van der Waals surface area contributed by atoms with Gasteiger partial charge in [0.2, 0.25) is 0 Å². The lowest BCUT2D eigenvalue weighted by Gasteiger charge is -2.30. The summed E-state index contributed by atoms with van der Waals surface area (Å²) in [5, 5.41) is 11.6. The second kappa shape index (κ2) is 6.32. The van der Waals surface area contributed by atoms with Gasteiger partial charge in [0.05, 0.1) is 30.0 Å². The molecule has 6 nitrogen and oxygen atoms in total. The van der Waals surface area contributed by atoms with Gasteiger partial charge in [-0.25, -0.2) is 0 Å². The molecule has 1 aromatic heterocycles. The lowest BCUT2D eigenvalue weighted by Crippen LogP contribution is -2.33. The highest BCUT2D eigenvalue weighted by Crippen LogP contribution is 2.32. The summed E-state index contributed by atoms with van der Waals surface area (Å²) in [6.07, 6.45) is -4.38. The van der Waals surface area contributed by atoms with Gasteiger partial charge in [-0.05, 0) is 46.8 Å². The molecule has 3 aromatic rings. The number of benzene rings is 2. The van der Waals surface area contributed by atoms with Crippen molar-refractivity contribution in [2.45, 2.75) is 12.7 Å². The molecule has 0 aliphatic carbocycles. The van der Waals surface area contributed by atoms with Crippen molar-refractivity contribution in [2.75, 3.05) is 18.1 Å². The molecule has 9 heteroatoms. The maximum atomic E-state index is 12.7. The van der Waals surface area contributed by atoms with E-state index in [1.165, 1.54) is 16.8 Å². The third-order valence-electron chi connectivity index (χ3n) is 4.13. The van der Waals surface area contributed by atoms with Crippen LogP contribution in [0.25, 0.3) is 5.69 Å². The molecule has 0 amide bonds. The van der Waals surface area contributed by atoms with Crippen LogP contribution in [0, 0.1) is 0 Å². The Kier molecular flexibility index (Phi) is 3.98. The first-order valence-electron chi connectivity index (χ1n) is 7.94. The van der Waals surface area contributed by atoms with Gasteiger partial charge in [-0.2, -0.15) is 17.9 Å². The Morgan fingerprint density at radius 3 is 2.58 bits per heavy atom. The van der Waals surface area contributed by atoms with Gasteiger partial charge >= 0.3 is 6.18 Å². The van der Waals surface area contributed by atoms with Gasteiger partial charge in [-0.3, -0.25) is 0 Å². The third-order valence-corrected chi connectivity index (χ3v) is 4.13. The lowest BCUT2D eigenvalue weighted by atomic mass is 10.2. The number of para-hydroxylation sites is 2. The predicted octanol–water partition coefficient (Wildman–Crippen LogP) is 3.08. The highest BCUT2D eigenvalue weighted by Gasteiger charge is 2.30. The van der Waals surface area contributed by atoms with Crippen molar-refractivity contribution in [3.05, 3.63) is 59.9 Å². The van der Waals surface area contributed by atoms with Crippen molar-refractivity contribution < 1.29 is 17.9 Å². The Labute approximate surface area is 146 Å². The van der Waals surface area contributed by atoms with Gasteiger partial charge in [-0.1, -0.05) is 12.1 Å². The van der Waals surface area contributed by atoms with Crippen LogP contribution >= 0.6 is 0 Å². The topological polar surface area (TPSA) is 56.1 Å². The summed E-state index contributed by atoms with van der Waals surface area (Å²) >= 11 is 0. The largest absolute Gasteiger partial charge is 0.490 e. The monoisotopic (exact) mass is 361 g/mol. The number of hydrogen-bond donors (Lipinski definition) is 0. The minimum atomic E-state index is -4.38. The summed E-state index contributed by atoms with van der Waals surface area (Å²) in [6, 6.07) is 12.4. The number of aromatic nitrogens is 4. The number of nitrogens with zero attached hydrogens (tertiary/aromatic N) is 5. The van der Waals surface area contributed by atoms with Crippen LogP contribution < -0.4 is 9.64 Å². The Bertz CT molecular complexity index is 907. The van der Waals surface area contributed by atoms with Crippen LogP contribution in [0.1, 0.15) is 11.4 Å². The van der Waals surface area contributed by atoms with Crippen molar-refractivity contribution in [2.24, 2.45) is 0 Å². The second-order valence-electron chi connectivity index (χ2n) is 5.79. The number of anilines is 1. The average molecular weight is 361 g/mol. The fraction of sp³-hybridized carbons (Fsp3) is 0.235. The normalized spacial score (nSPS) is 14.0. The molecule has 2 aromatic carbocycles. The molecule has 0 N–H and O–H groups in total. The Hall–Kier alpha value is -3.10. The molecular formula is C17H14F3N5O. The molecule has 0 fully saturated rings. The third kappa shape index (κ3) is 3.07. The fourth-order valence-electron chi connectivity index (χ4n) is 2.86. The molecule has 0 saturated heterocycles. The summed E-state index contributed by atoms with van der Waals surface area (Å²) in [6.45, 7) is 1.62. The second-order valence-corrected chi connectivity index (χ2v) is 5.79. The minimum Gasteiger partial charge on any atom is -0.490 e. The summed E-state index contributed by atoms with van der Waals surface area (Å²) in [5.74, 6) is 1.31. The zero-order valence-electron chi connectivity index (χ0n) is 13.5. The van der Waals surface area contributed by atoms with Gasteiger partial charge in [0.1, 0.15) is 12.4 Å². The minimum absolute atomic E-state index is 0.411. The van der Waals surface area contributed by atoms with Crippen LogP contribution in [0.3, 0.4) is 0 Å². The average Bonchev–Trinajstić information content (AvgIpc) is 3.10. The van der Waals surface area contributed by atoms with Crippen LogP contribution in [-0.2, 0) is 12.7 Å². The number of halogens is 3. The number of fused-ring (bicyclic) bond motifs is 1. The first kappa shape index (κ1) is 16.4. The van der Waals surface area contributed by atoms with Crippen molar-refractivity contribution in [3.63, 3.8) is 0 Å². The standard InChI is InChI=1S/C17H14F3N5O/c18-17(19,20)12-5-7-13(8-6-12)25-16(21-22-23-25)11-24-9-10-26-15-4-2-1-3-14(15)24/h1-8H,9-11H2. The van der Waals surface area contributed by atoms with Crippen LogP contribution in [0.15, 0.2) is 48.5 Å². The van der Waals surface area contributed by atoms with Crippen LogP contribution in [0.4, 0.5) is 18.9 Å². The smallest absolute Gasteiger partial charge is 0.416 e. The molecule has 134 valence electrons. The van der Waals surface area contributed by atoms with E-state index in [4.69, 9.17) is 4.74 Å².